The average molecular weight is 269 g/mol. The van der Waals surface area contributed by atoms with E-state index in [0.717, 1.165) is 0 Å². The number of amides is 2. The molecule has 0 aliphatic rings. The van der Waals surface area contributed by atoms with Crippen molar-refractivity contribution >= 4 is 17.8 Å². The van der Waals surface area contributed by atoms with Crippen molar-refractivity contribution in [2.24, 2.45) is 5.73 Å². The van der Waals surface area contributed by atoms with E-state index in [9.17, 15) is 14.4 Å². The van der Waals surface area contributed by atoms with Gasteiger partial charge >= 0.3 is 5.97 Å². The summed E-state index contributed by atoms with van der Waals surface area (Å²) in [5.41, 5.74) is 4.93. The molecule has 0 unspecified atom stereocenters. The van der Waals surface area contributed by atoms with E-state index in [-0.39, 0.29) is 19.3 Å². The van der Waals surface area contributed by atoms with Crippen molar-refractivity contribution in [1.29, 1.82) is 0 Å². The first-order valence-corrected chi connectivity index (χ1v) is 5.63. The van der Waals surface area contributed by atoms with Gasteiger partial charge in [-0.05, 0) is 6.42 Å². The number of carbonyl (C=O) groups is 3. The molecule has 0 aliphatic carbocycles. The normalized spacial score (nSPS) is 11.8. The monoisotopic (exact) mass is 269 g/mol. The minimum absolute atomic E-state index is 0.0280. The Morgan fingerprint density at radius 3 is 2.63 bits per heavy atom. The number of aryl methyl sites for hydroxylation is 1. The lowest BCUT2D eigenvalue weighted by atomic mass is 10.1. The van der Waals surface area contributed by atoms with Crippen LogP contribution in [0, 0.1) is 0 Å². The molecule has 0 bridgehead atoms. The molecule has 2 amide bonds. The average Bonchev–Trinajstić information content (AvgIpc) is 2.84. The largest absolute Gasteiger partial charge is 0.480 e. The van der Waals surface area contributed by atoms with Crippen LogP contribution >= 0.6 is 0 Å². The maximum Gasteiger partial charge on any atom is 0.326 e. The van der Waals surface area contributed by atoms with Crippen LogP contribution in [0.15, 0.2) is 12.4 Å². The second kappa shape index (κ2) is 7.09. The van der Waals surface area contributed by atoms with Crippen molar-refractivity contribution in [3.05, 3.63) is 12.4 Å². The van der Waals surface area contributed by atoms with Gasteiger partial charge in [0.15, 0.2) is 0 Å². The lowest BCUT2D eigenvalue weighted by molar-refractivity contribution is -0.142. The van der Waals surface area contributed by atoms with Crippen molar-refractivity contribution in [3.8, 4) is 0 Å². The van der Waals surface area contributed by atoms with E-state index in [0.29, 0.717) is 6.54 Å². The fraction of sp³-hybridized carbons (Fsp3) is 0.500. The first kappa shape index (κ1) is 14.6. The molecule has 9 heteroatoms. The van der Waals surface area contributed by atoms with Crippen LogP contribution in [0.4, 0.5) is 0 Å². The van der Waals surface area contributed by atoms with Crippen LogP contribution in [0.2, 0.25) is 0 Å². The second-order valence-corrected chi connectivity index (χ2v) is 3.88. The number of nitrogens with zero attached hydrogens (tertiary/aromatic N) is 3. The molecular formula is C10H15N5O4. The van der Waals surface area contributed by atoms with Crippen LogP contribution in [-0.2, 0) is 20.9 Å². The molecule has 1 rings (SSSR count). The van der Waals surface area contributed by atoms with Gasteiger partial charge in [0.2, 0.25) is 11.8 Å². The number of nitrogens with two attached hydrogens (primary N) is 1. The van der Waals surface area contributed by atoms with Gasteiger partial charge in [0.1, 0.15) is 6.04 Å². The molecule has 0 saturated heterocycles. The zero-order valence-electron chi connectivity index (χ0n) is 10.2. The Labute approximate surface area is 108 Å². The highest BCUT2D eigenvalue weighted by Gasteiger charge is 2.20. The van der Waals surface area contributed by atoms with Crippen LogP contribution in [0.25, 0.3) is 0 Å². The lowest BCUT2D eigenvalue weighted by Gasteiger charge is -2.13. The van der Waals surface area contributed by atoms with Crippen LogP contribution in [-0.4, -0.2) is 43.9 Å². The summed E-state index contributed by atoms with van der Waals surface area (Å²) in [6, 6.07) is -1.12. The summed E-state index contributed by atoms with van der Waals surface area (Å²) < 4.78 is 1.46. The summed E-state index contributed by atoms with van der Waals surface area (Å²) in [5.74, 6) is -2.24. The third-order valence-corrected chi connectivity index (χ3v) is 2.35. The number of carboxylic acids is 1. The number of aromatic nitrogens is 3. The Morgan fingerprint density at radius 2 is 2.11 bits per heavy atom. The lowest BCUT2D eigenvalue weighted by Crippen LogP contribution is -2.41. The van der Waals surface area contributed by atoms with Gasteiger partial charge in [-0.3, -0.25) is 14.3 Å². The van der Waals surface area contributed by atoms with E-state index in [1.165, 1.54) is 10.9 Å². The van der Waals surface area contributed by atoms with Crippen molar-refractivity contribution in [2.45, 2.75) is 31.8 Å². The standard InChI is InChI=1S/C10H15N5O4/c11-8(16)2-1-7(10(18)19)13-9(17)3-5-15-6-4-12-14-15/h4,6-7H,1-3,5H2,(H2,11,16)(H,13,17)(H,18,19)/t7-/m1/s1. The van der Waals surface area contributed by atoms with E-state index in [4.69, 9.17) is 10.8 Å². The quantitative estimate of drug-likeness (QED) is 0.524. The third-order valence-electron chi connectivity index (χ3n) is 2.35. The maximum absolute atomic E-state index is 11.5. The first-order valence-electron chi connectivity index (χ1n) is 5.63. The van der Waals surface area contributed by atoms with E-state index in [2.05, 4.69) is 15.6 Å². The summed E-state index contributed by atoms with van der Waals surface area (Å²) >= 11 is 0. The summed E-state index contributed by atoms with van der Waals surface area (Å²) in [6.07, 6.45) is 3.02. The molecule has 104 valence electrons. The number of primary amides is 1. The summed E-state index contributed by atoms with van der Waals surface area (Å²) in [6.45, 7) is 0.300. The molecule has 1 aromatic rings. The molecule has 1 aromatic heterocycles. The Hall–Kier alpha value is -2.45. The topological polar surface area (TPSA) is 140 Å². The van der Waals surface area contributed by atoms with Crippen LogP contribution in [0.5, 0.6) is 0 Å². The highest BCUT2D eigenvalue weighted by Crippen LogP contribution is 1.98. The van der Waals surface area contributed by atoms with Crippen molar-refractivity contribution in [1.82, 2.24) is 20.3 Å². The van der Waals surface area contributed by atoms with Crippen molar-refractivity contribution in [2.75, 3.05) is 0 Å². The van der Waals surface area contributed by atoms with Crippen LogP contribution < -0.4 is 11.1 Å². The van der Waals surface area contributed by atoms with E-state index >= 15 is 0 Å². The summed E-state index contributed by atoms with van der Waals surface area (Å²) in [4.78, 5) is 33.0. The van der Waals surface area contributed by atoms with Gasteiger partial charge < -0.3 is 16.2 Å². The number of rotatable bonds is 8. The SMILES string of the molecule is NC(=O)CC[C@@H](NC(=O)CCn1ccnn1)C(=O)O. The predicted molar refractivity (Wildman–Crippen MR) is 62.6 cm³/mol. The molecular weight excluding hydrogens is 254 g/mol. The molecule has 0 radical (unpaired) electrons. The number of aliphatic carboxylic acids is 1. The van der Waals surface area contributed by atoms with Gasteiger partial charge in [-0.1, -0.05) is 5.21 Å². The van der Waals surface area contributed by atoms with Gasteiger partial charge in [-0.25, -0.2) is 4.79 Å². The molecule has 19 heavy (non-hydrogen) atoms. The van der Waals surface area contributed by atoms with Gasteiger partial charge in [0.05, 0.1) is 12.7 Å². The zero-order chi connectivity index (χ0) is 14.3. The number of nitrogens with one attached hydrogen (secondary N) is 1. The van der Waals surface area contributed by atoms with Gasteiger partial charge in [-0.15, -0.1) is 5.10 Å². The number of carboxylic acid groups (broad SMARTS) is 1. The molecule has 9 nitrogen and oxygen atoms in total. The first-order chi connectivity index (χ1) is 8.99. The predicted octanol–water partition coefficient (Wildman–Crippen LogP) is -1.50. The van der Waals surface area contributed by atoms with Gasteiger partial charge in [-0.2, -0.15) is 0 Å². The van der Waals surface area contributed by atoms with E-state index in [1.54, 1.807) is 6.20 Å². The molecule has 4 N–H and O–H groups in total. The molecule has 0 aliphatic heterocycles. The fourth-order valence-corrected chi connectivity index (χ4v) is 1.38. The zero-order valence-corrected chi connectivity index (χ0v) is 10.2. The van der Waals surface area contributed by atoms with E-state index in [1.807, 2.05) is 0 Å². The molecule has 1 atom stereocenters. The number of hydrogen-bond acceptors (Lipinski definition) is 5. The molecule has 0 spiro atoms. The molecule has 0 fully saturated rings. The Bertz CT molecular complexity index is 445. The Morgan fingerprint density at radius 1 is 1.37 bits per heavy atom. The molecule has 0 saturated carbocycles. The summed E-state index contributed by atoms with van der Waals surface area (Å²) in [5, 5.41) is 18.5. The maximum atomic E-state index is 11.5. The minimum atomic E-state index is -1.20. The summed E-state index contributed by atoms with van der Waals surface area (Å²) in [7, 11) is 0. The number of hydrogen-bond donors (Lipinski definition) is 3. The third kappa shape index (κ3) is 5.61. The van der Waals surface area contributed by atoms with Gasteiger partial charge in [0.25, 0.3) is 0 Å². The highest BCUT2D eigenvalue weighted by atomic mass is 16.4. The molecule has 0 aromatic carbocycles. The molecule has 1 heterocycles. The minimum Gasteiger partial charge on any atom is -0.480 e. The van der Waals surface area contributed by atoms with E-state index < -0.39 is 23.8 Å². The van der Waals surface area contributed by atoms with Crippen molar-refractivity contribution in [3.63, 3.8) is 0 Å². The van der Waals surface area contributed by atoms with Crippen molar-refractivity contribution < 1.29 is 19.5 Å². The smallest absolute Gasteiger partial charge is 0.326 e. The second-order valence-electron chi connectivity index (χ2n) is 3.88. The van der Waals surface area contributed by atoms with Crippen LogP contribution in [0.1, 0.15) is 19.3 Å². The van der Waals surface area contributed by atoms with Crippen LogP contribution in [0.3, 0.4) is 0 Å². The Balaban J connectivity index is 2.38. The fourth-order valence-electron chi connectivity index (χ4n) is 1.38. The number of carbonyl (C=O) groups excluding carboxylic acids is 2. The highest BCUT2D eigenvalue weighted by molar-refractivity contribution is 5.84. The van der Waals surface area contributed by atoms with Gasteiger partial charge in [0, 0.05) is 19.0 Å². The Kier molecular flexibility index (Phi) is 5.45.